The van der Waals surface area contributed by atoms with Crippen molar-refractivity contribution in [2.45, 2.75) is 45.7 Å². The second-order valence-corrected chi connectivity index (χ2v) is 10.5. The van der Waals surface area contributed by atoms with Crippen LogP contribution in [0.5, 0.6) is 0 Å². The minimum Gasteiger partial charge on any atom is -0.370 e. The number of aromatic nitrogens is 2. The molecule has 2 N–H and O–H groups in total. The molecule has 6 heteroatoms. The molecule has 2 unspecified atom stereocenters. The Labute approximate surface area is 201 Å². The molecule has 1 aromatic carbocycles. The maximum absolute atomic E-state index is 12.9. The molecule has 3 heterocycles. The lowest BCUT2D eigenvalue weighted by Crippen LogP contribution is -2.26. The third kappa shape index (κ3) is 4.51. The summed E-state index contributed by atoms with van der Waals surface area (Å²) in [6, 6.07) is 10.7. The van der Waals surface area contributed by atoms with Gasteiger partial charge in [0.1, 0.15) is 0 Å². The predicted octanol–water partition coefficient (Wildman–Crippen LogP) is 4.21. The highest BCUT2D eigenvalue weighted by molar-refractivity contribution is 5.94. The van der Waals surface area contributed by atoms with Gasteiger partial charge in [0.25, 0.3) is 5.91 Å². The molecule has 176 valence electrons. The molecule has 3 aliphatic rings. The molecule has 2 saturated carbocycles. The van der Waals surface area contributed by atoms with E-state index in [1.165, 1.54) is 42.0 Å². The number of carbonyl (C=O) groups is 1. The number of pyridine rings is 2. The average Bonchev–Trinajstić information content (AvgIpc) is 3.43. The van der Waals surface area contributed by atoms with Crippen LogP contribution < -0.4 is 15.5 Å². The smallest absolute Gasteiger partial charge is 0.253 e. The van der Waals surface area contributed by atoms with E-state index in [0.717, 1.165) is 61.0 Å². The Morgan fingerprint density at radius 1 is 1.09 bits per heavy atom. The Bertz CT molecular complexity index is 1210. The van der Waals surface area contributed by atoms with Gasteiger partial charge in [0, 0.05) is 36.9 Å². The summed E-state index contributed by atoms with van der Waals surface area (Å²) in [4.78, 5) is 24.3. The van der Waals surface area contributed by atoms with Gasteiger partial charge in [-0.1, -0.05) is 18.6 Å². The quantitative estimate of drug-likeness (QED) is 0.532. The molecule has 34 heavy (non-hydrogen) atoms. The topological polar surface area (TPSA) is 70.2 Å². The molecule has 2 aliphatic carbocycles. The van der Waals surface area contributed by atoms with Gasteiger partial charge in [-0.2, -0.15) is 0 Å². The van der Waals surface area contributed by atoms with E-state index >= 15 is 0 Å². The van der Waals surface area contributed by atoms with E-state index in [0.29, 0.717) is 12.1 Å². The van der Waals surface area contributed by atoms with Gasteiger partial charge in [-0.15, -0.1) is 0 Å². The lowest BCUT2D eigenvalue weighted by molar-refractivity contribution is 0.0950. The molecule has 1 aliphatic heterocycles. The molecule has 1 amide bonds. The van der Waals surface area contributed by atoms with Crippen LogP contribution in [0.25, 0.3) is 10.8 Å². The number of amides is 1. The van der Waals surface area contributed by atoms with Gasteiger partial charge < -0.3 is 15.5 Å². The SMILES string of the molecule is Cc1nc(CNC(=O)c2cncc(N3CC4CC4C3)c2)cc2cc(CNCC3CCC3)ccc12. The second kappa shape index (κ2) is 8.99. The summed E-state index contributed by atoms with van der Waals surface area (Å²) in [6.07, 6.45) is 9.00. The first-order valence-electron chi connectivity index (χ1n) is 12.7. The first-order chi connectivity index (χ1) is 16.6. The zero-order valence-electron chi connectivity index (χ0n) is 19.9. The highest BCUT2D eigenvalue weighted by Gasteiger charge is 2.45. The number of benzene rings is 1. The fraction of sp³-hybridized carbons (Fsp3) is 0.464. The number of anilines is 1. The summed E-state index contributed by atoms with van der Waals surface area (Å²) in [7, 11) is 0. The van der Waals surface area contributed by atoms with Crippen molar-refractivity contribution in [3.8, 4) is 0 Å². The molecule has 0 spiro atoms. The van der Waals surface area contributed by atoms with E-state index in [1.54, 1.807) is 6.20 Å². The molecular weight excluding hydrogens is 422 g/mol. The zero-order valence-corrected chi connectivity index (χ0v) is 19.9. The number of hydrogen-bond donors (Lipinski definition) is 2. The molecule has 3 fully saturated rings. The Morgan fingerprint density at radius 2 is 1.94 bits per heavy atom. The van der Waals surface area contributed by atoms with Crippen molar-refractivity contribution in [1.29, 1.82) is 0 Å². The first-order valence-corrected chi connectivity index (χ1v) is 12.7. The number of nitrogens with one attached hydrogen (secondary N) is 2. The van der Waals surface area contributed by atoms with E-state index in [2.05, 4.69) is 44.8 Å². The van der Waals surface area contributed by atoms with Gasteiger partial charge in [0.05, 0.1) is 29.7 Å². The summed E-state index contributed by atoms with van der Waals surface area (Å²) in [5.74, 6) is 2.45. The summed E-state index contributed by atoms with van der Waals surface area (Å²) in [6.45, 7) is 6.63. The fourth-order valence-corrected chi connectivity index (χ4v) is 5.47. The van der Waals surface area contributed by atoms with E-state index in [9.17, 15) is 4.79 Å². The van der Waals surface area contributed by atoms with Crippen LogP contribution >= 0.6 is 0 Å². The third-order valence-electron chi connectivity index (χ3n) is 7.89. The number of rotatable bonds is 8. The van der Waals surface area contributed by atoms with Crippen molar-refractivity contribution in [1.82, 2.24) is 20.6 Å². The molecular formula is C28H33N5O. The summed E-state index contributed by atoms with van der Waals surface area (Å²) in [5, 5.41) is 8.99. The third-order valence-corrected chi connectivity index (χ3v) is 7.89. The van der Waals surface area contributed by atoms with E-state index in [-0.39, 0.29) is 5.91 Å². The molecule has 1 saturated heterocycles. The van der Waals surface area contributed by atoms with Crippen LogP contribution in [0.2, 0.25) is 0 Å². The fourth-order valence-electron chi connectivity index (χ4n) is 5.47. The zero-order chi connectivity index (χ0) is 23.1. The Kier molecular flexibility index (Phi) is 5.69. The van der Waals surface area contributed by atoms with E-state index in [4.69, 9.17) is 4.98 Å². The summed E-state index contributed by atoms with van der Waals surface area (Å²) in [5.41, 5.74) is 4.82. The lowest BCUT2D eigenvalue weighted by atomic mass is 9.85. The summed E-state index contributed by atoms with van der Waals surface area (Å²) < 4.78 is 0. The highest BCUT2D eigenvalue weighted by Crippen LogP contribution is 2.46. The number of hydrogen-bond acceptors (Lipinski definition) is 5. The van der Waals surface area contributed by atoms with Crippen molar-refractivity contribution < 1.29 is 4.79 Å². The van der Waals surface area contributed by atoms with Crippen LogP contribution in [0.15, 0.2) is 42.7 Å². The lowest BCUT2D eigenvalue weighted by Gasteiger charge is -2.25. The number of aryl methyl sites for hydroxylation is 1. The van der Waals surface area contributed by atoms with Gasteiger partial charge in [0.2, 0.25) is 0 Å². The molecule has 0 radical (unpaired) electrons. The molecule has 3 aromatic rings. The van der Waals surface area contributed by atoms with Crippen molar-refractivity contribution in [3.05, 3.63) is 65.2 Å². The van der Waals surface area contributed by atoms with Gasteiger partial charge in [0.15, 0.2) is 0 Å². The van der Waals surface area contributed by atoms with Crippen LogP contribution in [0, 0.1) is 24.7 Å². The van der Waals surface area contributed by atoms with Crippen molar-refractivity contribution in [2.24, 2.45) is 17.8 Å². The maximum Gasteiger partial charge on any atom is 0.253 e. The highest BCUT2D eigenvalue weighted by atomic mass is 16.1. The standard InChI is InChI=1S/C28H33N5O/c1-18-27-6-5-20(12-29-11-19-3-2-4-19)7-21(27)9-25(32-18)14-31-28(34)22-10-26(15-30-13-22)33-16-23-8-24(23)17-33/h5-7,9-10,13,15,19,23-24,29H,2-4,8,11-12,14,16-17H2,1H3,(H,31,34). The van der Waals surface area contributed by atoms with Crippen LogP contribution in [0.4, 0.5) is 5.69 Å². The van der Waals surface area contributed by atoms with Crippen molar-refractivity contribution >= 4 is 22.4 Å². The monoisotopic (exact) mass is 455 g/mol. The number of nitrogens with zero attached hydrogens (tertiary/aromatic N) is 3. The predicted molar refractivity (Wildman–Crippen MR) is 135 cm³/mol. The Morgan fingerprint density at radius 3 is 2.74 bits per heavy atom. The van der Waals surface area contributed by atoms with E-state index < -0.39 is 0 Å². The molecule has 0 bridgehead atoms. The van der Waals surface area contributed by atoms with E-state index in [1.807, 2.05) is 19.2 Å². The average molecular weight is 456 g/mol. The maximum atomic E-state index is 12.9. The molecule has 2 aromatic heterocycles. The van der Waals surface area contributed by atoms with Gasteiger partial charge >= 0.3 is 0 Å². The van der Waals surface area contributed by atoms with Crippen molar-refractivity contribution in [3.63, 3.8) is 0 Å². The van der Waals surface area contributed by atoms with Gasteiger partial charge in [-0.05, 0) is 79.6 Å². The normalized spacial score (nSPS) is 21.4. The van der Waals surface area contributed by atoms with Crippen LogP contribution in [-0.2, 0) is 13.1 Å². The minimum atomic E-state index is -0.104. The second-order valence-electron chi connectivity index (χ2n) is 10.5. The molecule has 6 rings (SSSR count). The number of fused-ring (bicyclic) bond motifs is 2. The Hall–Kier alpha value is -2.99. The van der Waals surface area contributed by atoms with Crippen LogP contribution in [0.3, 0.4) is 0 Å². The first kappa shape index (κ1) is 21.5. The number of piperidine rings is 1. The summed E-state index contributed by atoms with van der Waals surface area (Å²) >= 11 is 0. The van der Waals surface area contributed by atoms with Gasteiger partial charge in [-0.25, -0.2) is 0 Å². The molecule has 6 nitrogen and oxygen atoms in total. The Balaban J connectivity index is 1.10. The largest absolute Gasteiger partial charge is 0.370 e. The van der Waals surface area contributed by atoms with Crippen LogP contribution in [-0.4, -0.2) is 35.5 Å². The number of carbonyl (C=O) groups excluding carboxylic acids is 1. The van der Waals surface area contributed by atoms with Crippen molar-refractivity contribution in [2.75, 3.05) is 24.5 Å². The van der Waals surface area contributed by atoms with Gasteiger partial charge in [-0.3, -0.25) is 14.8 Å². The molecule has 2 atom stereocenters. The minimum absolute atomic E-state index is 0.104. The van der Waals surface area contributed by atoms with Crippen LogP contribution in [0.1, 0.15) is 53.0 Å².